The quantitative estimate of drug-likeness (QED) is 0.519. The first-order chi connectivity index (χ1) is 15.1. The number of nitrogens with zero attached hydrogens (tertiary/aromatic N) is 2. The summed E-state index contributed by atoms with van der Waals surface area (Å²) in [7, 11) is 0. The van der Waals surface area contributed by atoms with E-state index in [1.54, 1.807) is 12.1 Å². The fraction of sp³-hybridized carbons (Fsp3) is 0.250. The predicted molar refractivity (Wildman–Crippen MR) is 122 cm³/mol. The molecule has 4 N–H and O–H groups in total. The van der Waals surface area contributed by atoms with E-state index in [4.69, 9.17) is 5.73 Å². The van der Waals surface area contributed by atoms with Gasteiger partial charge < -0.3 is 21.3 Å². The standard InChI is InChI=1S/C24H26FN5O/c25-18-6-4-5-17(13-18)15-27-22-14-23(28-16-21(22)24(26)31)29-19-7-9-20(10-8-19)30-11-2-1-3-12-30/h4-10,13-14,16H,1-3,11-12,15H2,(H2,26,31)(H2,27,28,29). The number of halogens is 1. The van der Waals surface area contributed by atoms with Gasteiger partial charge in [-0.3, -0.25) is 4.79 Å². The number of benzene rings is 2. The summed E-state index contributed by atoms with van der Waals surface area (Å²) in [5, 5.41) is 6.43. The van der Waals surface area contributed by atoms with Gasteiger partial charge in [0.15, 0.2) is 0 Å². The predicted octanol–water partition coefficient (Wildman–Crippen LogP) is 4.67. The first-order valence-corrected chi connectivity index (χ1v) is 10.5. The van der Waals surface area contributed by atoms with E-state index in [1.165, 1.54) is 43.3 Å². The van der Waals surface area contributed by atoms with Crippen molar-refractivity contribution in [3.8, 4) is 0 Å². The number of nitrogens with two attached hydrogens (primary N) is 1. The Morgan fingerprint density at radius 3 is 2.55 bits per heavy atom. The third-order valence-corrected chi connectivity index (χ3v) is 5.40. The van der Waals surface area contributed by atoms with Crippen LogP contribution >= 0.6 is 0 Å². The van der Waals surface area contributed by atoms with Gasteiger partial charge in [-0.2, -0.15) is 0 Å². The van der Waals surface area contributed by atoms with Crippen LogP contribution < -0.4 is 21.3 Å². The van der Waals surface area contributed by atoms with Crippen LogP contribution in [-0.4, -0.2) is 24.0 Å². The Bertz CT molecular complexity index is 1050. The van der Waals surface area contributed by atoms with E-state index in [2.05, 4.69) is 32.7 Å². The van der Waals surface area contributed by atoms with Gasteiger partial charge in [0.05, 0.1) is 11.3 Å². The number of piperidine rings is 1. The molecule has 4 rings (SSSR count). The highest BCUT2D eigenvalue weighted by Crippen LogP contribution is 2.25. The SMILES string of the molecule is NC(=O)c1cnc(Nc2ccc(N3CCCCC3)cc2)cc1NCc1cccc(F)c1. The molecular weight excluding hydrogens is 393 g/mol. The zero-order valence-electron chi connectivity index (χ0n) is 17.3. The molecule has 7 heteroatoms. The van der Waals surface area contributed by atoms with E-state index in [0.29, 0.717) is 18.1 Å². The summed E-state index contributed by atoms with van der Waals surface area (Å²) in [6.07, 6.45) is 5.22. The molecule has 2 heterocycles. The Morgan fingerprint density at radius 2 is 1.84 bits per heavy atom. The van der Waals surface area contributed by atoms with Crippen molar-refractivity contribution in [3.63, 3.8) is 0 Å². The summed E-state index contributed by atoms with van der Waals surface area (Å²) in [6.45, 7) is 2.55. The Morgan fingerprint density at radius 1 is 1.06 bits per heavy atom. The topological polar surface area (TPSA) is 83.3 Å². The molecule has 0 bridgehead atoms. The largest absolute Gasteiger partial charge is 0.380 e. The highest BCUT2D eigenvalue weighted by Gasteiger charge is 2.12. The second kappa shape index (κ2) is 9.47. The molecule has 0 unspecified atom stereocenters. The highest BCUT2D eigenvalue weighted by atomic mass is 19.1. The summed E-state index contributed by atoms with van der Waals surface area (Å²) in [4.78, 5) is 18.5. The minimum atomic E-state index is -0.577. The number of carbonyl (C=O) groups is 1. The van der Waals surface area contributed by atoms with Gasteiger partial charge in [0.25, 0.3) is 5.91 Å². The molecule has 1 aliphatic rings. The molecule has 1 aliphatic heterocycles. The van der Waals surface area contributed by atoms with Gasteiger partial charge in [-0.1, -0.05) is 12.1 Å². The Hall–Kier alpha value is -3.61. The fourth-order valence-corrected chi connectivity index (χ4v) is 3.77. The Kier molecular flexibility index (Phi) is 6.31. The number of hydrogen-bond donors (Lipinski definition) is 3. The van der Waals surface area contributed by atoms with Crippen molar-refractivity contribution >= 4 is 28.8 Å². The monoisotopic (exact) mass is 419 g/mol. The zero-order chi connectivity index (χ0) is 21.6. The van der Waals surface area contributed by atoms with E-state index < -0.39 is 5.91 Å². The summed E-state index contributed by atoms with van der Waals surface area (Å²) in [5.74, 6) is -0.302. The number of anilines is 4. The lowest BCUT2D eigenvalue weighted by Gasteiger charge is -2.28. The maximum absolute atomic E-state index is 13.4. The average molecular weight is 420 g/mol. The maximum atomic E-state index is 13.4. The van der Waals surface area contributed by atoms with Crippen LogP contribution in [0.1, 0.15) is 35.2 Å². The third-order valence-electron chi connectivity index (χ3n) is 5.40. The van der Waals surface area contributed by atoms with Crippen molar-refractivity contribution in [1.29, 1.82) is 0 Å². The first kappa shape index (κ1) is 20.7. The molecule has 2 aromatic carbocycles. The first-order valence-electron chi connectivity index (χ1n) is 10.5. The second-order valence-electron chi connectivity index (χ2n) is 7.68. The van der Waals surface area contributed by atoms with E-state index in [0.717, 1.165) is 24.3 Å². The zero-order valence-corrected chi connectivity index (χ0v) is 17.3. The van der Waals surface area contributed by atoms with Gasteiger partial charge in [-0.05, 0) is 61.2 Å². The average Bonchev–Trinajstić information content (AvgIpc) is 2.79. The summed E-state index contributed by atoms with van der Waals surface area (Å²) >= 11 is 0. The Balaban J connectivity index is 1.48. The van der Waals surface area contributed by atoms with Crippen molar-refractivity contribution in [2.24, 2.45) is 5.73 Å². The van der Waals surface area contributed by atoms with Gasteiger partial charge in [-0.15, -0.1) is 0 Å². The number of hydrogen-bond acceptors (Lipinski definition) is 5. The third kappa shape index (κ3) is 5.31. The lowest BCUT2D eigenvalue weighted by Crippen LogP contribution is -2.29. The van der Waals surface area contributed by atoms with Crippen LogP contribution in [0.25, 0.3) is 0 Å². The lowest BCUT2D eigenvalue weighted by atomic mass is 10.1. The van der Waals surface area contributed by atoms with Crippen molar-refractivity contribution < 1.29 is 9.18 Å². The number of primary amides is 1. The molecule has 1 aromatic heterocycles. The molecule has 0 radical (unpaired) electrons. The fourth-order valence-electron chi connectivity index (χ4n) is 3.77. The molecule has 0 spiro atoms. The molecule has 0 saturated carbocycles. The van der Waals surface area contributed by atoms with Crippen LogP contribution in [0, 0.1) is 5.82 Å². The van der Waals surface area contributed by atoms with Crippen molar-refractivity contribution in [2.45, 2.75) is 25.8 Å². The smallest absolute Gasteiger partial charge is 0.252 e. The van der Waals surface area contributed by atoms with Crippen LogP contribution in [0.5, 0.6) is 0 Å². The van der Waals surface area contributed by atoms with Gasteiger partial charge in [0.2, 0.25) is 0 Å². The Labute approximate surface area is 181 Å². The van der Waals surface area contributed by atoms with Gasteiger partial charge in [0, 0.05) is 43.3 Å². The molecule has 3 aromatic rings. The van der Waals surface area contributed by atoms with Crippen LogP contribution in [0.2, 0.25) is 0 Å². The van der Waals surface area contributed by atoms with Crippen LogP contribution in [0.15, 0.2) is 60.8 Å². The molecule has 0 aliphatic carbocycles. The summed E-state index contributed by atoms with van der Waals surface area (Å²) < 4.78 is 13.4. The molecule has 160 valence electrons. The molecule has 1 amide bonds. The molecule has 1 fully saturated rings. The van der Waals surface area contributed by atoms with Crippen molar-refractivity contribution in [1.82, 2.24) is 4.98 Å². The van der Waals surface area contributed by atoms with Crippen LogP contribution in [-0.2, 0) is 6.54 Å². The molecular formula is C24H26FN5O. The number of nitrogens with one attached hydrogen (secondary N) is 2. The number of aromatic nitrogens is 1. The normalized spacial score (nSPS) is 13.6. The lowest BCUT2D eigenvalue weighted by molar-refractivity contribution is 0.100. The maximum Gasteiger partial charge on any atom is 0.252 e. The minimum absolute atomic E-state index is 0.280. The van der Waals surface area contributed by atoms with E-state index in [9.17, 15) is 9.18 Å². The van der Waals surface area contributed by atoms with Gasteiger partial charge >= 0.3 is 0 Å². The van der Waals surface area contributed by atoms with Crippen molar-refractivity contribution in [2.75, 3.05) is 28.6 Å². The van der Waals surface area contributed by atoms with E-state index >= 15 is 0 Å². The summed E-state index contributed by atoms with van der Waals surface area (Å²) in [5.41, 5.74) is 9.20. The minimum Gasteiger partial charge on any atom is -0.380 e. The molecule has 31 heavy (non-hydrogen) atoms. The van der Waals surface area contributed by atoms with E-state index in [-0.39, 0.29) is 11.4 Å². The number of rotatable bonds is 7. The van der Waals surface area contributed by atoms with Gasteiger partial charge in [0.1, 0.15) is 11.6 Å². The number of amides is 1. The van der Waals surface area contributed by atoms with Crippen molar-refractivity contribution in [3.05, 3.63) is 77.7 Å². The summed E-state index contributed by atoms with van der Waals surface area (Å²) in [6, 6.07) is 16.3. The number of carbonyl (C=O) groups excluding carboxylic acids is 1. The molecule has 1 saturated heterocycles. The second-order valence-corrected chi connectivity index (χ2v) is 7.68. The molecule has 0 atom stereocenters. The highest BCUT2D eigenvalue weighted by molar-refractivity contribution is 5.98. The van der Waals surface area contributed by atoms with Crippen LogP contribution in [0.4, 0.5) is 27.3 Å². The van der Waals surface area contributed by atoms with Gasteiger partial charge in [-0.25, -0.2) is 9.37 Å². The van der Waals surface area contributed by atoms with Crippen LogP contribution in [0.3, 0.4) is 0 Å². The number of pyridine rings is 1. The molecule has 6 nitrogen and oxygen atoms in total. The van der Waals surface area contributed by atoms with E-state index in [1.807, 2.05) is 18.2 Å².